The monoisotopic (exact) mass is 757 g/mol. The molecule has 2 aliphatic rings. The zero-order valence-corrected chi connectivity index (χ0v) is 31.8. The van der Waals surface area contributed by atoms with Crippen molar-refractivity contribution >= 4 is 29.4 Å². The van der Waals surface area contributed by atoms with E-state index < -0.39 is 0 Å². The molecule has 0 spiro atoms. The fourth-order valence-corrected chi connectivity index (χ4v) is 9.49. The Labute approximate surface area is 335 Å². The number of aromatic nitrogens is 2. The molecule has 8 aromatic rings. The molecule has 56 heavy (non-hydrogen) atoms. The highest BCUT2D eigenvalue weighted by molar-refractivity contribution is 8.05. The Hall–Kier alpha value is -6.25. The van der Waals surface area contributed by atoms with Gasteiger partial charge in [0.1, 0.15) is 18.2 Å². The molecule has 0 aliphatic carbocycles. The smallest absolute Gasteiger partial charge is 0.160 e. The third kappa shape index (κ3) is 6.93. The van der Waals surface area contributed by atoms with Gasteiger partial charge in [-0.15, -0.1) is 0 Å². The molecule has 7 heteroatoms. The van der Waals surface area contributed by atoms with E-state index in [1.807, 2.05) is 59.9 Å². The fourth-order valence-electron chi connectivity index (χ4n) is 7.24. The van der Waals surface area contributed by atoms with E-state index in [1.54, 1.807) is 0 Å². The summed E-state index contributed by atoms with van der Waals surface area (Å²) in [6, 6.07) is 65.8. The zero-order chi connectivity index (χ0) is 37.3. The van der Waals surface area contributed by atoms with E-state index in [1.165, 1.54) is 19.6 Å². The SMILES string of the molecule is c1ccc(-c2cc(-c3cc(C4=NC(c5ccccc5)NC(c5ccccc5)N4)ccc3-c3ccc4c(c3)Sc3ccccc3S4)nc(-c3ccccc3)n2)cc1. The summed E-state index contributed by atoms with van der Waals surface area (Å²) in [6.07, 6.45) is -0.393. The molecule has 268 valence electrons. The van der Waals surface area contributed by atoms with Crippen molar-refractivity contribution in [3.8, 4) is 45.0 Å². The molecule has 0 amide bonds. The lowest BCUT2D eigenvalue weighted by Gasteiger charge is -2.32. The van der Waals surface area contributed by atoms with Crippen LogP contribution in [0.3, 0.4) is 0 Å². The van der Waals surface area contributed by atoms with Crippen molar-refractivity contribution in [2.45, 2.75) is 31.9 Å². The van der Waals surface area contributed by atoms with E-state index in [4.69, 9.17) is 15.0 Å². The maximum atomic E-state index is 5.32. The summed E-state index contributed by atoms with van der Waals surface area (Å²) in [7, 11) is 0. The predicted octanol–water partition coefficient (Wildman–Crippen LogP) is 12.1. The van der Waals surface area contributed by atoms with Crippen molar-refractivity contribution in [2.75, 3.05) is 0 Å². The van der Waals surface area contributed by atoms with E-state index in [2.05, 4.69) is 162 Å². The van der Waals surface area contributed by atoms with Crippen LogP contribution in [0.25, 0.3) is 45.0 Å². The van der Waals surface area contributed by atoms with Crippen LogP contribution in [-0.2, 0) is 0 Å². The maximum Gasteiger partial charge on any atom is 0.160 e. The number of hydrogen-bond donors (Lipinski definition) is 2. The third-order valence-electron chi connectivity index (χ3n) is 10.1. The molecule has 0 saturated carbocycles. The first kappa shape index (κ1) is 34.3. The van der Waals surface area contributed by atoms with Gasteiger partial charge in [-0.2, -0.15) is 0 Å². The van der Waals surface area contributed by atoms with E-state index in [0.717, 1.165) is 61.7 Å². The molecule has 3 heterocycles. The van der Waals surface area contributed by atoms with E-state index >= 15 is 0 Å². The Kier molecular flexibility index (Phi) is 9.25. The van der Waals surface area contributed by atoms with Crippen LogP contribution in [0.1, 0.15) is 29.0 Å². The lowest BCUT2D eigenvalue weighted by atomic mass is 9.94. The first-order valence-electron chi connectivity index (χ1n) is 18.7. The minimum atomic E-state index is -0.243. The maximum absolute atomic E-state index is 5.32. The molecule has 2 atom stereocenters. The second kappa shape index (κ2) is 15.1. The van der Waals surface area contributed by atoms with Crippen molar-refractivity contribution in [3.05, 3.63) is 205 Å². The Morgan fingerprint density at radius 1 is 0.411 bits per heavy atom. The molecular weight excluding hydrogens is 723 g/mol. The Morgan fingerprint density at radius 3 is 1.70 bits per heavy atom. The lowest BCUT2D eigenvalue weighted by molar-refractivity contribution is 0.409. The third-order valence-corrected chi connectivity index (χ3v) is 12.6. The van der Waals surface area contributed by atoms with Crippen molar-refractivity contribution in [2.24, 2.45) is 4.99 Å². The average Bonchev–Trinajstić information content (AvgIpc) is 3.29. The van der Waals surface area contributed by atoms with Gasteiger partial charge >= 0.3 is 0 Å². The van der Waals surface area contributed by atoms with Gasteiger partial charge in [0.25, 0.3) is 0 Å². The summed E-state index contributed by atoms with van der Waals surface area (Å²) in [5.74, 6) is 1.49. The topological polar surface area (TPSA) is 62.2 Å². The van der Waals surface area contributed by atoms with E-state index in [9.17, 15) is 0 Å². The number of rotatable bonds is 7. The highest BCUT2D eigenvalue weighted by atomic mass is 32.2. The number of benzene rings is 7. The van der Waals surface area contributed by atoms with Gasteiger partial charge in [0.2, 0.25) is 0 Å². The van der Waals surface area contributed by atoms with Crippen molar-refractivity contribution in [1.29, 1.82) is 0 Å². The lowest BCUT2D eigenvalue weighted by Crippen LogP contribution is -2.44. The summed E-state index contributed by atoms with van der Waals surface area (Å²) in [6.45, 7) is 0. The zero-order valence-electron chi connectivity index (χ0n) is 30.2. The Balaban J connectivity index is 1.15. The summed E-state index contributed by atoms with van der Waals surface area (Å²) < 4.78 is 0. The predicted molar refractivity (Wildman–Crippen MR) is 230 cm³/mol. The second-order valence-corrected chi connectivity index (χ2v) is 15.9. The van der Waals surface area contributed by atoms with Crippen molar-refractivity contribution in [3.63, 3.8) is 0 Å². The minimum Gasteiger partial charge on any atom is -0.350 e. The molecule has 2 N–H and O–H groups in total. The number of fused-ring (bicyclic) bond motifs is 2. The summed E-state index contributed by atoms with van der Waals surface area (Å²) in [5, 5.41) is 7.48. The van der Waals surface area contributed by atoms with E-state index in [-0.39, 0.29) is 12.3 Å². The van der Waals surface area contributed by atoms with Crippen LogP contribution in [0.15, 0.2) is 213 Å². The van der Waals surface area contributed by atoms with Gasteiger partial charge in [0.15, 0.2) is 5.82 Å². The molecule has 0 radical (unpaired) electrons. The van der Waals surface area contributed by atoms with Gasteiger partial charge in [-0.25, -0.2) is 15.0 Å². The Bertz CT molecular complexity index is 2650. The molecule has 0 bridgehead atoms. The largest absolute Gasteiger partial charge is 0.350 e. The minimum absolute atomic E-state index is 0.150. The highest BCUT2D eigenvalue weighted by Gasteiger charge is 2.27. The molecule has 2 unspecified atom stereocenters. The molecular formula is C49H35N5S2. The van der Waals surface area contributed by atoms with Gasteiger partial charge in [0, 0.05) is 41.8 Å². The van der Waals surface area contributed by atoms with Gasteiger partial charge in [0.05, 0.1) is 11.4 Å². The van der Waals surface area contributed by atoms with Gasteiger partial charge in [-0.05, 0) is 58.7 Å². The quantitative estimate of drug-likeness (QED) is 0.169. The number of nitrogens with zero attached hydrogens (tertiary/aromatic N) is 3. The van der Waals surface area contributed by atoms with Crippen LogP contribution in [-0.4, -0.2) is 15.8 Å². The Morgan fingerprint density at radius 2 is 0.982 bits per heavy atom. The van der Waals surface area contributed by atoms with Crippen LogP contribution in [0.4, 0.5) is 0 Å². The van der Waals surface area contributed by atoms with Crippen LogP contribution < -0.4 is 10.6 Å². The molecule has 0 fully saturated rings. The normalized spacial score (nSPS) is 15.9. The highest BCUT2D eigenvalue weighted by Crippen LogP contribution is 2.50. The molecule has 0 saturated heterocycles. The van der Waals surface area contributed by atoms with Gasteiger partial charge in [-0.1, -0.05) is 175 Å². The van der Waals surface area contributed by atoms with Crippen molar-refractivity contribution < 1.29 is 0 Å². The molecule has 10 rings (SSSR count). The number of aliphatic imine (C=N–C) groups is 1. The molecule has 7 aromatic carbocycles. The fraction of sp³-hybridized carbons (Fsp3) is 0.0408. The van der Waals surface area contributed by atoms with Crippen LogP contribution >= 0.6 is 23.5 Å². The standard InChI is InChI=1S/C49H35N5S2/c1-5-15-32(16-6-1)40-31-41(51-46(50-40)33-17-7-2-8-18-33)39-29-37(25-27-38(39)36-26-28-44-45(30-36)56-43-24-14-13-23-42(43)55-44)49-53-47(34-19-9-3-10-20-34)52-48(54-49)35-21-11-4-12-22-35/h1-31,47-48,52H,(H,53,54). The van der Waals surface area contributed by atoms with Gasteiger partial charge in [-0.3, -0.25) is 5.32 Å². The van der Waals surface area contributed by atoms with E-state index in [0.29, 0.717) is 5.82 Å². The first-order valence-corrected chi connectivity index (χ1v) is 20.3. The average molecular weight is 758 g/mol. The summed E-state index contributed by atoms with van der Waals surface area (Å²) in [5.41, 5.74) is 10.1. The van der Waals surface area contributed by atoms with Gasteiger partial charge < -0.3 is 5.32 Å². The number of amidine groups is 1. The van der Waals surface area contributed by atoms with Crippen LogP contribution in [0.2, 0.25) is 0 Å². The van der Waals surface area contributed by atoms with Crippen LogP contribution in [0.5, 0.6) is 0 Å². The van der Waals surface area contributed by atoms with Crippen molar-refractivity contribution in [1.82, 2.24) is 20.6 Å². The number of nitrogens with one attached hydrogen (secondary N) is 2. The first-order chi connectivity index (χ1) is 27.7. The number of hydrogen-bond acceptors (Lipinski definition) is 7. The molecule has 5 nitrogen and oxygen atoms in total. The summed E-state index contributed by atoms with van der Waals surface area (Å²) in [4.78, 5) is 20.8. The molecule has 1 aromatic heterocycles. The summed E-state index contributed by atoms with van der Waals surface area (Å²) >= 11 is 3.66. The molecule has 2 aliphatic heterocycles. The second-order valence-electron chi connectivity index (χ2n) is 13.7. The van der Waals surface area contributed by atoms with Crippen LogP contribution in [0, 0.1) is 0 Å².